The van der Waals surface area contributed by atoms with Gasteiger partial charge < -0.3 is 5.32 Å². The van der Waals surface area contributed by atoms with Crippen LogP contribution in [-0.2, 0) is 12.8 Å². The lowest BCUT2D eigenvalue weighted by Crippen LogP contribution is -2.27. The number of aromatic nitrogens is 3. The molecule has 0 atom stereocenters. The van der Waals surface area contributed by atoms with Gasteiger partial charge >= 0.3 is 0 Å². The standard InChI is InChI=1S/C16H16N4O2S/c1-3-10-11(4-2)19-20-16(22)14(10)15(21)18-9-5-6-13-12(7-9)17-8-23-13/h5-8H,3-4H2,1-2H3,(H,18,21)(H,20,22). The van der Waals surface area contributed by atoms with Crippen LogP contribution in [0.2, 0.25) is 0 Å². The summed E-state index contributed by atoms with van der Waals surface area (Å²) in [6.07, 6.45) is 1.24. The second-order valence-electron chi connectivity index (χ2n) is 5.05. The fraction of sp³-hybridized carbons (Fsp3) is 0.250. The summed E-state index contributed by atoms with van der Waals surface area (Å²) in [6.45, 7) is 3.85. The molecule has 0 fully saturated rings. The Morgan fingerprint density at radius 2 is 2.13 bits per heavy atom. The molecule has 0 bridgehead atoms. The first kappa shape index (κ1) is 15.4. The molecule has 2 N–H and O–H groups in total. The summed E-state index contributed by atoms with van der Waals surface area (Å²) in [5.41, 5.74) is 4.30. The Labute approximate surface area is 136 Å². The van der Waals surface area contributed by atoms with E-state index >= 15 is 0 Å². The number of aromatic amines is 1. The maximum absolute atomic E-state index is 12.6. The van der Waals surface area contributed by atoms with E-state index < -0.39 is 11.5 Å². The van der Waals surface area contributed by atoms with Gasteiger partial charge in [-0.2, -0.15) is 5.10 Å². The molecule has 0 aliphatic carbocycles. The molecule has 6 nitrogen and oxygen atoms in total. The number of carbonyl (C=O) groups excluding carboxylic acids is 1. The molecule has 118 valence electrons. The second kappa shape index (κ2) is 6.29. The molecule has 3 aromatic rings. The van der Waals surface area contributed by atoms with E-state index in [-0.39, 0.29) is 5.56 Å². The Morgan fingerprint density at radius 3 is 2.87 bits per heavy atom. The van der Waals surface area contributed by atoms with E-state index in [1.807, 2.05) is 19.9 Å². The number of amides is 1. The third-order valence-electron chi connectivity index (χ3n) is 3.67. The monoisotopic (exact) mass is 328 g/mol. The number of benzene rings is 1. The van der Waals surface area contributed by atoms with E-state index in [0.29, 0.717) is 24.1 Å². The van der Waals surface area contributed by atoms with E-state index in [1.165, 1.54) is 11.3 Å². The number of rotatable bonds is 4. The van der Waals surface area contributed by atoms with Crippen LogP contribution in [0.15, 0.2) is 28.5 Å². The molecule has 1 amide bonds. The van der Waals surface area contributed by atoms with E-state index in [0.717, 1.165) is 15.9 Å². The number of thiazole rings is 1. The maximum atomic E-state index is 12.6. The van der Waals surface area contributed by atoms with Crippen LogP contribution in [0.3, 0.4) is 0 Å². The van der Waals surface area contributed by atoms with E-state index in [9.17, 15) is 9.59 Å². The fourth-order valence-corrected chi connectivity index (χ4v) is 3.22. The zero-order chi connectivity index (χ0) is 16.4. The Kier molecular flexibility index (Phi) is 4.20. The smallest absolute Gasteiger partial charge is 0.277 e. The van der Waals surface area contributed by atoms with Crippen molar-refractivity contribution in [1.82, 2.24) is 15.2 Å². The van der Waals surface area contributed by atoms with Gasteiger partial charge in [-0.15, -0.1) is 11.3 Å². The molecule has 0 aliphatic rings. The van der Waals surface area contributed by atoms with Crippen LogP contribution >= 0.6 is 11.3 Å². The number of carbonyl (C=O) groups is 1. The summed E-state index contributed by atoms with van der Waals surface area (Å²) in [4.78, 5) is 28.9. The lowest BCUT2D eigenvalue weighted by Gasteiger charge is -2.10. The molecule has 23 heavy (non-hydrogen) atoms. The highest BCUT2D eigenvalue weighted by atomic mass is 32.1. The van der Waals surface area contributed by atoms with Crippen molar-refractivity contribution in [2.45, 2.75) is 26.7 Å². The molecule has 3 rings (SSSR count). The van der Waals surface area contributed by atoms with Crippen LogP contribution in [0, 0.1) is 0 Å². The maximum Gasteiger partial charge on any atom is 0.277 e. The Balaban J connectivity index is 1.98. The van der Waals surface area contributed by atoms with Gasteiger partial charge in [-0.3, -0.25) is 9.59 Å². The van der Waals surface area contributed by atoms with Crippen molar-refractivity contribution >= 4 is 33.1 Å². The summed E-state index contributed by atoms with van der Waals surface area (Å²) >= 11 is 1.54. The lowest BCUT2D eigenvalue weighted by molar-refractivity contribution is 0.102. The minimum absolute atomic E-state index is 0.137. The molecule has 0 saturated heterocycles. The van der Waals surface area contributed by atoms with Gasteiger partial charge in [0.05, 0.1) is 21.4 Å². The molecular formula is C16H16N4O2S. The van der Waals surface area contributed by atoms with Crippen molar-refractivity contribution in [3.05, 3.63) is 50.9 Å². The number of hydrogen-bond donors (Lipinski definition) is 2. The number of nitrogens with one attached hydrogen (secondary N) is 2. The van der Waals surface area contributed by atoms with Gasteiger partial charge in [0.1, 0.15) is 5.56 Å². The van der Waals surface area contributed by atoms with E-state index in [1.54, 1.807) is 17.6 Å². The van der Waals surface area contributed by atoms with Crippen LogP contribution in [0.5, 0.6) is 0 Å². The van der Waals surface area contributed by atoms with Gasteiger partial charge in [-0.25, -0.2) is 10.1 Å². The van der Waals surface area contributed by atoms with Gasteiger partial charge in [0.2, 0.25) is 0 Å². The minimum Gasteiger partial charge on any atom is -0.322 e. The predicted octanol–water partition coefficient (Wildman–Crippen LogP) is 2.76. The summed E-state index contributed by atoms with van der Waals surface area (Å²) in [5, 5.41) is 9.22. The molecule has 0 spiro atoms. The van der Waals surface area contributed by atoms with Crippen molar-refractivity contribution in [1.29, 1.82) is 0 Å². The van der Waals surface area contributed by atoms with Crippen molar-refractivity contribution < 1.29 is 4.79 Å². The quantitative estimate of drug-likeness (QED) is 0.771. The van der Waals surface area contributed by atoms with Gasteiger partial charge in [-0.1, -0.05) is 13.8 Å². The summed E-state index contributed by atoms with van der Waals surface area (Å²) in [6, 6.07) is 5.50. The second-order valence-corrected chi connectivity index (χ2v) is 5.94. The number of fused-ring (bicyclic) bond motifs is 1. The number of anilines is 1. The highest BCUT2D eigenvalue weighted by Crippen LogP contribution is 2.22. The van der Waals surface area contributed by atoms with Crippen molar-refractivity contribution in [3.63, 3.8) is 0 Å². The highest BCUT2D eigenvalue weighted by Gasteiger charge is 2.19. The molecular weight excluding hydrogens is 312 g/mol. The van der Waals surface area contributed by atoms with Crippen molar-refractivity contribution in [3.8, 4) is 0 Å². The number of nitrogens with zero attached hydrogens (tertiary/aromatic N) is 2. The van der Waals surface area contributed by atoms with Crippen LogP contribution in [0.1, 0.15) is 35.5 Å². The fourth-order valence-electron chi connectivity index (χ4n) is 2.57. The molecule has 2 aromatic heterocycles. The van der Waals surface area contributed by atoms with Crippen molar-refractivity contribution in [2.75, 3.05) is 5.32 Å². The average molecular weight is 328 g/mol. The van der Waals surface area contributed by atoms with Gasteiger partial charge in [0.25, 0.3) is 11.5 Å². The van der Waals surface area contributed by atoms with Gasteiger partial charge in [0, 0.05) is 5.69 Å². The first-order valence-electron chi connectivity index (χ1n) is 7.39. The normalized spacial score (nSPS) is 10.9. The zero-order valence-electron chi connectivity index (χ0n) is 12.8. The summed E-state index contributed by atoms with van der Waals surface area (Å²) in [5.74, 6) is -0.422. The molecule has 0 aliphatic heterocycles. The molecule has 2 heterocycles. The van der Waals surface area contributed by atoms with E-state index in [4.69, 9.17) is 0 Å². The topological polar surface area (TPSA) is 87.7 Å². The third kappa shape index (κ3) is 2.87. The Hall–Kier alpha value is -2.54. The average Bonchev–Trinajstić information content (AvgIpc) is 3.01. The summed E-state index contributed by atoms with van der Waals surface area (Å²) in [7, 11) is 0. The van der Waals surface area contributed by atoms with Crippen LogP contribution < -0.4 is 10.9 Å². The van der Waals surface area contributed by atoms with Crippen molar-refractivity contribution in [2.24, 2.45) is 0 Å². The van der Waals surface area contributed by atoms with E-state index in [2.05, 4.69) is 20.5 Å². The van der Waals surface area contributed by atoms with Gasteiger partial charge in [0.15, 0.2) is 0 Å². The lowest BCUT2D eigenvalue weighted by atomic mass is 10.0. The minimum atomic E-state index is -0.466. The van der Waals surface area contributed by atoms with Crippen LogP contribution in [-0.4, -0.2) is 21.1 Å². The molecule has 1 aromatic carbocycles. The SMILES string of the molecule is CCc1n[nH]c(=O)c(C(=O)Nc2ccc3scnc3c2)c1CC. The molecule has 0 saturated carbocycles. The van der Waals surface area contributed by atoms with Crippen LogP contribution in [0.25, 0.3) is 10.2 Å². The first-order chi connectivity index (χ1) is 11.1. The number of H-pyrrole nitrogens is 1. The highest BCUT2D eigenvalue weighted by molar-refractivity contribution is 7.16. The predicted molar refractivity (Wildman–Crippen MR) is 91.2 cm³/mol. The molecule has 0 unspecified atom stereocenters. The summed E-state index contributed by atoms with van der Waals surface area (Å²) < 4.78 is 1.05. The first-order valence-corrected chi connectivity index (χ1v) is 8.27. The molecule has 0 radical (unpaired) electrons. The third-order valence-corrected chi connectivity index (χ3v) is 4.48. The zero-order valence-corrected chi connectivity index (χ0v) is 13.7. The Morgan fingerprint density at radius 1 is 1.30 bits per heavy atom. The number of hydrogen-bond acceptors (Lipinski definition) is 5. The molecule has 7 heteroatoms. The largest absolute Gasteiger partial charge is 0.322 e. The van der Waals surface area contributed by atoms with Crippen LogP contribution in [0.4, 0.5) is 5.69 Å². The number of aryl methyl sites for hydroxylation is 1. The Bertz CT molecular complexity index is 929. The van der Waals surface area contributed by atoms with Gasteiger partial charge in [-0.05, 0) is 36.6 Å².